The number of rotatable bonds is 5. The average Bonchev–Trinajstić information content (AvgIpc) is 2.27. The molecule has 0 saturated heterocycles. The molecular weight excluding hydrogens is 235 g/mol. The number of Topliss-reactive ketones (excluding diaryl/α,β-unsaturated/α-hetero) is 1. The number of carbonyl (C=O) groups excluding carboxylic acids is 2. The maximum Gasteiger partial charge on any atom is 0.355 e. The van der Waals surface area contributed by atoms with Gasteiger partial charge in [-0.15, -0.1) is 0 Å². The van der Waals surface area contributed by atoms with Crippen molar-refractivity contribution in [3.63, 3.8) is 0 Å². The minimum Gasteiger partial charge on any atom is -0.324 e. The molecule has 0 spiro atoms. The normalized spacial score (nSPS) is 11.8. The van der Waals surface area contributed by atoms with Gasteiger partial charge in [-0.1, -0.05) is 35.0 Å². The lowest BCUT2D eigenvalue weighted by Crippen LogP contribution is -2.10. The molecule has 1 aromatic rings. The van der Waals surface area contributed by atoms with Gasteiger partial charge in [0.05, 0.1) is 0 Å². The number of ketones is 1. The molecule has 1 N–H and O–H groups in total. The molecule has 0 heterocycles. The number of hydrogen-bond acceptors (Lipinski definition) is 5. The summed E-state index contributed by atoms with van der Waals surface area (Å²) in [5.41, 5.74) is 0.358. The standard InChI is InChI=1S/C9H9O6P/c10-8(7-4-2-1-3-5-7)6-9(11)14-15-16(12)13/h1-5,16H,6H2,(H,12,13). The predicted octanol–water partition coefficient (Wildman–Crippen LogP) is 1.12. The van der Waals surface area contributed by atoms with Gasteiger partial charge >= 0.3 is 14.2 Å². The van der Waals surface area contributed by atoms with Gasteiger partial charge in [-0.25, -0.2) is 4.79 Å². The van der Waals surface area contributed by atoms with E-state index in [9.17, 15) is 14.2 Å². The Morgan fingerprint density at radius 1 is 1.25 bits per heavy atom. The van der Waals surface area contributed by atoms with Crippen LogP contribution in [0.3, 0.4) is 0 Å². The third-order valence-electron chi connectivity index (χ3n) is 1.61. The van der Waals surface area contributed by atoms with E-state index in [4.69, 9.17) is 4.89 Å². The molecule has 0 saturated carbocycles. The van der Waals surface area contributed by atoms with Gasteiger partial charge < -0.3 is 4.89 Å². The highest BCUT2D eigenvalue weighted by Crippen LogP contribution is 2.15. The highest BCUT2D eigenvalue weighted by Gasteiger charge is 2.14. The summed E-state index contributed by atoms with van der Waals surface area (Å²) in [6.07, 6.45) is -0.543. The van der Waals surface area contributed by atoms with Crippen LogP contribution in [0.1, 0.15) is 16.8 Å². The van der Waals surface area contributed by atoms with Crippen molar-refractivity contribution in [2.24, 2.45) is 0 Å². The topological polar surface area (TPSA) is 89.9 Å². The summed E-state index contributed by atoms with van der Waals surface area (Å²) in [6, 6.07) is 8.13. The van der Waals surface area contributed by atoms with Crippen molar-refractivity contribution in [1.82, 2.24) is 0 Å². The van der Waals surface area contributed by atoms with Crippen LogP contribution in [-0.2, 0) is 18.9 Å². The van der Waals surface area contributed by atoms with Crippen molar-refractivity contribution in [3.8, 4) is 0 Å². The first-order chi connectivity index (χ1) is 7.59. The first kappa shape index (κ1) is 12.6. The molecule has 0 radical (unpaired) electrons. The van der Waals surface area contributed by atoms with Crippen LogP contribution < -0.4 is 0 Å². The van der Waals surface area contributed by atoms with E-state index in [1.807, 2.05) is 0 Å². The van der Waals surface area contributed by atoms with Crippen LogP contribution in [0.4, 0.5) is 0 Å². The fraction of sp³-hybridized carbons (Fsp3) is 0.111. The van der Waals surface area contributed by atoms with E-state index in [0.717, 1.165) is 0 Å². The Kier molecular flexibility index (Phi) is 4.85. The number of benzene rings is 1. The zero-order valence-electron chi connectivity index (χ0n) is 8.08. The van der Waals surface area contributed by atoms with E-state index >= 15 is 0 Å². The Morgan fingerprint density at radius 3 is 2.44 bits per heavy atom. The molecule has 16 heavy (non-hydrogen) atoms. The molecule has 0 aliphatic carbocycles. The molecule has 0 amide bonds. The molecule has 7 heteroatoms. The van der Waals surface area contributed by atoms with Crippen LogP contribution in [-0.4, -0.2) is 16.6 Å². The molecule has 0 aromatic heterocycles. The van der Waals surface area contributed by atoms with Crippen molar-refractivity contribution < 1.29 is 28.6 Å². The summed E-state index contributed by atoms with van der Waals surface area (Å²) in [4.78, 5) is 34.5. The minimum atomic E-state index is -3.33. The lowest BCUT2D eigenvalue weighted by molar-refractivity contribution is -0.213. The second-order valence-electron chi connectivity index (χ2n) is 2.77. The van der Waals surface area contributed by atoms with Crippen molar-refractivity contribution in [1.29, 1.82) is 0 Å². The molecule has 0 bridgehead atoms. The molecule has 86 valence electrons. The minimum absolute atomic E-state index is 0.358. The lowest BCUT2D eigenvalue weighted by Gasteiger charge is -2.00. The summed E-state index contributed by atoms with van der Waals surface area (Å²) in [5, 5.41) is 0. The van der Waals surface area contributed by atoms with E-state index in [-0.39, 0.29) is 0 Å². The van der Waals surface area contributed by atoms with Crippen LogP contribution in [0.25, 0.3) is 0 Å². The van der Waals surface area contributed by atoms with Crippen molar-refractivity contribution >= 4 is 20.0 Å². The van der Waals surface area contributed by atoms with Crippen LogP contribution in [0.2, 0.25) is 0 Å². The fourth-order valence-electron chi connectivity index (χ4n) is 0.969. The lowest BCUT2D eigenvalue weighted by atomic mass is 10.1. The Morgan fingerprint density at radius 2 is 1.88 bits per heavy atom. The Bertz CT molecular complexity index is 402. The Hall–Kier alpha value is -1.49. The monoisotopic (exact) mass is 244 g/mol. The molecule has 0 aliphatic rings. The van der Waals surface area contributed by atoms with Gasteiger partial charge in [-0.05, 0) is 0 Å². The summed E-state index contributed by atoms with van der Waals surface area (Å²) in [6.45, 7) is 0. The van der Waals surface area contributed by atoms with Gasteiger partial charge in [0.2, 0.25) is 0 Å². The summed E-state index contributed by atoms with van der Waals surface area (Å²) in [5.74, 6) is -1.46. The molecule has 0 fully saturated rings. The van der Waals surface area contributed by atoms with Crippen molar-refractivity contribution in [2.75, 3.05) is 0 Å². The summed E-state index contributed by atoms with van der Waals surface area (Å²) >= 11 is 0. The van der Waals surface area contributed by atoms with E-state index in [0.29, 0.717) is 5.56 Å². The van der Waals surface area contributed by atoms with Crippen molar-refractivity contribution in [2.45, 2.75) is 6.42 Å². The largest absolute Gasteiger partial charge is 0.355 e. The van der Waals surface area contributed by atoms with Crippen molar-refractivity contribution in [3.05, 3.63) is 35.9 Å². The van der Waals surface area contributed by atoms with E-state index < -0.39 is 26.4 Å². The molecule has 0 aliphatic heterocycles. The van der Waals surface area contributed by atoms with Gasteiger partial charge in [0, 0.05) is 5.56 Å². The summed E-state index contributed by atoms with van der Waals surface area (Å²) < 4.78 is 13.8. The maximum absolute atomic E-state index is 11.4. The predicted molar refractivity (Wildman–Crippen MR) is 53.8 cm³/mol. The maximum atomic E-state index is 11.4. The summed E-state index contributed by atoms with van der Waals surface area (Å²) in [7, 11) is -3.33. The van der Waals surface area contributed by atoms with Gasteiger partial charge in [-0.3, -0.25) is 14.2 Å². The van der Waals surface area contributed by atoms with Gasteiger partial charge in [0.25, 0.3) is 0 Å². The fourth-order valence-corrected chi connectivity index (χ4v) is 1.13. The first-order valence-electron chi connectivity index (χ1n) is 4.28. The SMILES string of the molecule is O=C(CC(=O)c1ccccc1)OO[PH](=O)O. The molecular formula is C9H9O6P. The smallest absolute Gasteiger partial charge is 0.324 e. The molecule has 6 nitrogen and oxygen atoms in total. The van der Waals surface area contributed by atoms with Gasteiger partial charge in [0.1, 0.15) is 6.42 Å². The number of carbonyl (C=O) groups is 2. The zero-order chi connectivity index (χ0) is 12.0. The quantitative estimate of drug-likeness (QED) is 0.274. The van der Waals surface area contributed by atoms with Gasteiger partial charge in [0.15, 0.2) is 5.78 Å². The third-order valence-corrected chi connectivity index (χ3v) is 1.83. The average molecular weight is 244 g/mol. The molecule has 1 unspecified atom stereocenters. The molecule has 1 aromatic carbocycles. The Balaban J connectivity index is 2.46. The molecule has 1 rings (SSSR count). The van der Waals surface area contributed by atoms with Crippen LogP contribution in [0.15, 0.2) is 30.3 Å². The molecule has 1 atom stereocenters. The van der Waals surface area contributed by atoms with E-state index in [1.165, 1.54) is 0 Å². The van der Waals surface area contributed by atoms with Crippen LogP contribution in [0, 0.1) is 0 Å². The van der Waals surface area contributed by atoms with E-state index in [1.54, 1.807) is 30.3 Å². The van der Waals surface area contributed by atoms with E-state index in [2.05, 4.69) is 9.56 Å². The third kappa shape index (κ3) is 4.35. The Labute approximate surface area is 91.7 Å². The zero-order valence-corrected chi connectivity index (χ0v) is 9.08. The highest BCUT2D eigenvalue weighted by molar-refractivity contribution is 7.31. The second kappa shape index (κ2) is 6.17. The van der Waals surface area contributed by atoms with Crippen LogP contribution >= 0.6 is 8.25 Å². The second-order valence-corrected chi connectivity index (χ2v) is 3.47. The first-order valence-corrected chi connectivity index (χ1v) is 5.54. The number of hydrogen-bond donors (Lipinski definition) is 1. The van der Waals surface area contributed by atoms with Gasteiger partial charge in [-0.2, -0.15) is 0 Å². The highest BCUT2D eigenvalue weighted by atomic mass is 31.1. The van der Waals surface area contributed by atoms with Crippen LogP contribution in [0.5, 0.6) is 0 Å².